The van der Waals surface area contributed by atoms with Crippen LogP contribution in [0.25, 0.3) is 0 Å². The Kier molecular flexibility index (Phi) is 20.8. The van der Waals surface area contributed by atoms with Crippen LogP contribution in [0.5, 0.6) is 0 Å². The molecule has 0 saturated heterocycles. The molecule has 0 spiro atoms. The molecule has 0 aromatic carbocycles. The third-order valence-electron chi connectivity index (χ3n) is 3.50. The quantitative estimate of drug-likeness (QED) is 0.228. The van der Waals surface area contributed by atoms with Gasteiger partial charge in [0, 0.05) is 33.4 Å². The van der Waals surface area contributed by atoms with Gasteiger partial charge in [-0.3, -0.25) is 9.59 Å². The Morgan fingerprint density at radius 2 is 1.31 bits per heavy atom. The van der Waals surface area contributed by atoms with Crippen LogP contribution in [0.15, 0.2) is 0 Å². The third kappa shape index (κ3) is 20.8. The highest BCUT2D eigenvalue weighted by Crippen LogP contribution is 1.96. The van der Waals surface area contributed by atoms with Crippen LogP contribution in [-0.2, 0) is 28.5 Å². The number of amides is 2. The molecule has 8 nitrogen and oxygen atoms in total. The molecule has 0 aromatic rings. The van der Waals surface area contributed by atoms with Crippen LogP contribution in [0.3, 0.4) is 0 Å². The van der Waals surface area contributed by atoms with Gasteiger partial charge in [0.2, 0.25) is 12.3 Å². The lowest BCUT2D eigenvalue weighted by Gasteiger charge is -2.07. The number of carbonyl (C=O) groups is 2. The van der Waals surface area contributed by atoms with Crippen LogP contribution in [0, 0.1) is 0 Å². The molecule has 0 heterocycles. The van der Waals surface area contributed by atoms with Crippen molar-refractivity contribution in [1.29, 1.82) is 0 Å². The first kappa shape index (κ1) is 24.8. The molecule has 2 amide bonds. The van der Waals surface area contributed by atoms with E-state index in [-0.39, 0.29) is 12.5 Å². The zero-order chi connectivity index (χ0) is 19.1. The first-order valence-electron chi connectivity index (χ1n) is 9.47. The van der Waals surface area contributed by atoms with Crippen molar-refractivity contribution in [2.24, 2.45) is 0 Å². The molecule has 0 aromatic heterocycles. The Balaban J connectivity index is 3.03. The molecule has 8 heteroatoms. The predicted molar refractivity (Wildman–Crippen MR) is 99.1 cm³/mol. The Morgan fingerprint density at radius 1 is 0.769 bits per heavy atom. The molecule has 0 unspecified atom stereocenters. The molecule has 0 radical (unpaired) electrons. The van der Waals surface area contributed by atoms with Crippen LogP contribution in [-0.4, -0.2) is 78.8 Å². The van der Waals surface area contributed by atoms with E-state index in [9.17, 15) is 9.59 Å². The molecule has 0 aliphatic carbocycles. The Bertz CT molecular complexity index is 318. The Hall–Kier alpha value is -1.22. The van der Waals surface area contributed by atoms with Gasteiger partial charge in [0.25, 0.3) is 0 Å². The highest BCUT2D eigenvalue weighted by Gasteiger charge is 1.98. The molecule has 0 aliphatic heterocycles. The lowest BCUT2D eigenvalue weighted by atomic mass is 10.2. The summed E-state index contributed by atoms with van der Waals surface area (Å²) >= 11 is 0. The first-order valence-corrected chi connectivity index (χ1v) is 9.47. The summed E-state index contributed by atoms with van der Waals surface area (Å²) in [6, 6.07) is 0. The zero-order valence-corrected chi connectivity index (χ0v) is 16.1. The summed E-state index contributed by atoms with van der Waals surface area (Å²) in [5, 5.41) is 5.42. The van der Waals surface area contributed by atoms with E-state index in [4.69, 9.17) is 18.9 Å². The Morgan fingerprint density at radius 3 is 1.85 bits per heavy atom. The van der Waals surface area contributed by atoms with Gasteiger partial charge in [-0.1, -0.05) is 0 Å². The van der Waals surface area contributed by atoms with E-state index in [2.05, 4.69) is 10.6 Å². The van der Waals surface area contributed by atoms with Gasteiger partial charge in [-0.05, 0) is 38.5 Å². The fourth-order valence-electron chi connectivity index (χ4n) is 2.12. The fourth-order valence-corrected chi connectivity index (χ4v) is 2.12. The van der Waals surface area contributed by atoms with Crippen LogP contribution < -0.4 is 10.6 Å². The number of methoxy groups -OCH3 is 1. The van der Waals surface area contributed by atoms with Crippen molar-refractivity contribution in [3.63, 3.8) is 0 Å². The second kappa shape index (κ2) is 21.8. The van der Waals surface area contributed by atoms with Crippen molar-refractivity contribution in [3.8, 4) is 0 Å². The van der Waals surface area contributed by atoms with Crippen LogP contribution in [0.4, 0.5) is 0 Å². The highest BCUT2D eigenvalue weighted by atomic mass is 16.5. The van der Waals surface area contributed by atoms with Crippen molar-refractivity contribution in [2.75, 3.05) is 66.4 Å². The minimum Gasteiger partial charge on any atom is -0.379 e. The van der Waals surface area contributed by atoms with E-state index in [0.29, 0.717) is 39.6 Å². The number of ether oxygens (including phenoxy) is 4. The number of rotatable bonds is 21. The van der Waals surface area contributed by atoms with Gasteiger partial charge in [0.15, 0.2) is 0 Å². The van der Waals surface area contributed by atoms with Gasteiger partial charge in [-0.25, -0.2) is 0 Å². The van der Waals surface area contributed by atoms with E-state index in [1.807, 2.05) is 0 Å². The van der Waals surface area contributed by atoms with Crippen molar-refractivity contribution < 1.29 is 28.5 Å². The summed E-state index contributed by atoms with van der Waals surface area (Å²) in [6.07, 6.45) is 6.70. The second-order valence-electron chi connectivity index (χ2n) is 5.81. The molecule has 2 N–H and O–H groups in total. The SMILES string of the molecule is COCC(=O)NCCCCCOCCOCCOCCCCCNC=O. The molecule has 0 atom stereocenters. The van der Waals surface area contributed by atoms with E-state index in [1.165, 1.54) is 7.11 Å². The summed E-state index contributed by atoms with van der Waals surface area (Å²) in [7, 11) is 1.51. The lowest BCUT2D eigenvalue weighted by molar-refractivity contribution is -0.124. The maximum Gasteiger partial charge on any atom is 0.245 e. The summed E-state index contributed by atoms with van der Waals surface area (Å²) in [5.74, 6) is -0.0724. The first-order chi connectivity index (χ1) is 12.8. The number of hydrogen-bond acceptors (Lipinski definition) is 6. The van der Waals surface area contributed by atoms with E-state index in [1.54, 1.807) is 0 Å². The smallest absolute Gasteiger partial charge is 0.245 e. The molecule has 0 bridgehead atoms. The minimum absolute atomic E-state index is 0.0724. The molecular weight excluding hydrogens is 340 g/mol. The van der Waals surface area contributed by atoms with Gasteiger partial charge in [-0.15, -0.1) is 0 Å². The fraction of sp³-hybridized carbons (Fsp3) is 0.889. The summed E-state index contributed by atoms with van der Waals surface area (Å²) in [5.41, 5.74) is 0. The Labute approximate surface area is 157 Å². The molecular formula is C18H36N2O6. The van der Waals surface area contributed by atoms with Crippen molar-refractivity contribution in [3.05, 3.63) is 0 Å². The maximum absolute atomic E-state index is 11.1. The lowest BCUT2D eigenvalue weighted by Crippen LogP contribution is -2.27. The zero-order valence-electron chi connectivity index (χ0n) is 16.1. The van der Waals surface area contributed by atoms with Gasteiger partial charge >= 0.3 is 0 Å². The van der Waals surface area contributed by atoms with E-state index in [0.717, 1.165) is 58.1 Å². The van der Waals surface area contributed by atoms with Gasteiger partial charge in [-0.2, -0.15) is 0 Å². The molecule has 0 aliphatic rings. The summed E-state index contributed by atoms with van der Waals surface area (Å²) in [6.45, 7) is 5.32. The van der Waals surface area contributed by atoms with Crippen molar-refractivity contribution in [2.45, 2.75) is 38.5 Å². The van der Waals surface area contributed by atoms with Crippen LogP contribution in [0.1, 0.15) is 38.5 Å². The molecule has 154 valence electrons. The normalized spacial score (nSPS) is 10.7. The predicted octanol–water partition coefficient (Wildman–Crippen LogP) is 0.885. The highest BCUT2D eigenvalue weighted by molar-refractivity contribution is 5.77. The number of nitrogens with one attached hydrogen (secondary N) is 2. The van der Waals surface area contributed by atoms with Crippen LogP contribution >= 0.6 is 0 Å². The maximum atomic E-state index is 11.1. The third-order valence-corrected chi connectivity index (χ3v) is 3.50. The summed E-state index contributed by atoms with van der Waals surface area (Å²) in [4.78, 5) is 21.2. The summed E-state index contributed by atoms with van der Waals surface area (Å²) < 4.78 is 21.1. The standard InChI is InChI=1S/C18H36N2O6/c1-23-16-18(22)20-9-5-3-7-11-25-13-15-26-14-12-24-10-6-2-4-8-19-17-21/h17H,2-16H2,1H3,(H,19,21)(H,20,22). The largest absolute Gasteiger partial charge is 0.379 e. The van der Waals surface area contributed by atoms with Crippen molar-refractivity contribution in [1.82, 2.24) is 10.6 Å². The average molecular weight is 376 g/mol. The van der Waals surface area contributed by atoms with Gasteiger partial charge < -0.3 is 29.6 Å². The van der Waals surface area contributed by atoms with Crippen molar-refractivity contribution >= 4 is 12.3 Å². The number of hydrogen-bond donors (Lipinski definition) is 2. The van der Waals surface area contributed by atoms with Gasteiger partial charge in [0.1, 0.15) is 6.61 Å². The number of unbranched alkanes of at least 4 members (excludes halogenated alkanes) is 4. The number of carbonyl (C=O) groups excluding carboxylic acids is 2. The second-order valence-corrected chi connectivity index (χ2v) is 5.81. The van der Waals surface area contributed by atoms with Gasteiger partial charge in [0.05, 0.1) is 26.4 Å². The topological polar surface area (TPSA) is 95.1 Å². The van der Waals surface area contributed by atoms with E-state index >= 15 is 0 Å². The average Bonchev–Trinajstić information content (AvgIpc) is 2.64. The molecule has 0 fully saturated rings. The minimum atomic E-state index is -0.0724. The monoisotopic (exact) mass is 376 g/mol. The molecule has 0 rings (SSSR count). The molecule has 26 heavy (non-hydrogen) atoms. The van der Waals surface area contributed by atoms with Crippen LogP contribution in [0.2, 0.25) is 0 Å². The molecule has 0 saturated carbocycles. The van der Waals surface area contributed by atoms with E-state index < -0.39 is 0 Å².